The van der Waals surface area contributed by atoms with Crippen LogP contribution >= 0.6 is 0 Å². The maximum Gasteiger partial charge on any atom is 0.408 e. The lowest BCUT2D eigenvalue weighted by Crippen LogP contribution is -2.49. The zero-order valence-corrected chi connectivity index (χ0v) is 11.5. The van der Waals surface area contributed by atoms with Crippen LogP contribution in [-0.2, 0) is 11.2 Å². The Morgan fingerprint density at radius 3 is 2.35 bits per heavy atom. The highest BCUT2D eigenvalue weighted by Crippen LogP contribution is 2.23. The largest absolute Gasteiger partial charge is 0.408 e. The lowest BCUT2D eigenvalue weighted by Gasteiger charge is -2.23. The van der Waals surface area contributed by atoms with Crippen molar-refractivity contribution in [3.05, 3.63) is 35.9 Å². The first-order valence-electron chi connectivity index (χ1n) is 6.40. The van der Waals surface area contributed by atoms with Gasteiger partial charge in [0.05, 0.1) is 0 Å². The molecule has 6 heteroatoms. The molecule has 0 aromatic heterocycles. The minimum atomic E-state index is -4.47. The van der Waals surface area contributed by atoms with Gasteiger partial charge in [-0.1, -0.05) is 37.3 Å². The third-order valence-electron chi connectivity index (χ3n) is 2.95. The number of benzene rings is 1. The highest BCUT2D eigenvalue weighted by atomic mass is 19.4. The predicted molar refractivity (Wildman–Crippen MR) is 71.2 cm³/mol. The number of rotatable bonds is 6. The van der Waals surface area contributed by atoms with Gasteiger partial charge in [-0.05, 0) is 12.6 Å². The number of halogens is 3. The van der Waals surface area contributed by atoms with E-state index in [1.54, 1.807) is 44.3 Å². The number of hydrogen-bond donors (Lipinski definition) is 2. The van der Waals surface area contributed by atoms with Gasteiger partial charge < -0.3 is 10.6 Å². The second-order valence-corrected chi connectivity index (χ2v) is 4.75. The molecule has 1 rings (SSSR count). The number of amides is 1. The Balaban J connectivity index is 2.73. The second-order valence-electron chi connectivity index (χ2n) is 4.75. The van der Waals surface area contributed by atoms with E-state index in [2.05, 4.69) is 10.6 Å². The Morgan fingerprint density at radius 2 is 1.85 bits per heavy atom. The molecule has 1 amide bonds. The average molecular weight is 288 g/mol. The Labute approximate surface area is 116 Å². The van der Waals surface area contributed by atoms with Crippen LogP contribution in [0.5, 0.6) is 0 Å². The molecule has 2 N–H and O–H groups in total. The van der Waals surface area contributed by atoms with Gasteiger partial charge in [0.25, 0.3) is 0 Å². The molecule has 0 aliphatic rings. The van der Waals surface area contributed by atoms with E-state index in [0.29, 0.717) is 12.1 Å². The molecule has 0 spiro atoms. The molecule has 2 unspecified atom stereocenters. The number of carbonyl (C=O) groups is 1. The van der Waals surface area contributed by atoms with Crippen molar-refractivity contribution < 1.29 is 18.0 Å². The van der Waals surface area contributed by atoms with Crippen LogP contribution in [0.1, 0.15) is 12.5 Å². The highest BCUT2D eigenvalue weighted by molar-refractivity contribution is 5.78. The first kappa shape index (κ1) is 16.5. The summed E-state index contributed by atoms with van der Waals surface area (Å²) in [4.78, 5) is 11.7. The maximum atomic E-state index is 13.0. The van der Waals surface area contributed by atoms with Gasteiger partial charge >= 0.3 is 6.18 Å². The third kappa shape index (κ3) is 5.21. The smallest absolute Gasteiger partial charge is 0.344 e. The van der Waals surface area contributed by atoms with E-state index >= 15 is 0 Å². The third-order valence-corrected chi connectivity index (χ3v) is 2.95. The molecule has 0 aliphatic heterocycles. The van der Waals surface area contributed by atoms with Gasteiger partial charge in [-0.15, -0.1) is 0 Å². The number of carbonyl (C=O) groups excluding carboxylic acids is 1. The van der Waals surface area contributed by atoms with E-state index in [1.165, 1.54) is 0 Å². The fourth-order valence-electron chi connectivity index (χ4n) is 1.81. The second kappa shape index (κ2) is 7.28. The number of hydrogen-bond acceptors (Lipinski definition) is 2. The first-order chi connectivity index (χ1) is 9.34. The summed E-state index contributed by atoms with van der Waals surface area (Å²) in [7, 11) is 1.65. The van der Waals surface area contributed by atoms with Gasteiger partial charge in [0, 0.05) is 18.9 Å². The summed E-state index contributed by atoms with van der Waals surface area (Å²) >= 11 is 0. The van der Waals surface area contributed by atoms with Crippen LogP contribution in [0.3, 0.4) is 0 Å². The van der Waals surface area contributed by atoms with E-state index < -0.39 is 24.0 Å². The Bertz CT molecular complexity index is 420. The van der Waals surface area contributed by atoms with Crippen LogP contribution in [0.25, 0.3) is 0 Å². The zero-order chi connectivity index (χ0) is 15.2. The molecule has 0 aliphatic carbocycles. The van der Waals surface area contributed by atoms with Crippen LogP contribution in [0.15, 0.2) is 30.3 Å². The van der Waals surface area contributed by atoms with Crippen LogP contribution in [-0.4, -0.2) is 31.7 Å². The molecule has 20 heavy (non-hydrogen) atoms. The van der Waals surface area contributed by atoms with E-state index in [9.17, 15) is 18.0 Å². The van der Waals surface area contributed by atoms with Crippen molar-refractivity contribution in [2.24, 2.45) is 5.92 Å². The van der Waals surface area contributed by atoms with Crippen LogP contribution in [0.4, 0.5) is 13.2 Å². The molecule has 1 aromatic carbocycles. The first-order valence-corrected chi connectivity index (χ1v) is 6.40. The molecular formula is C14H19F3N2O. The summed E-state index contributed by atoms with van der Waals surface area (Å²) < 4.78 is 39.0. The number of nitrogens with one attached hydrogen (secondary N) is 2. The van der Waals surface area contributed by atoms with Crippen LogP contribution in [0, 0.1) is 5.92 Å². The Kier molecular flexibility index (Phi) is 6.01. The van der Waals surface area contributed by atoms with Crippen molar-refractivity contribution >= 4 is 5.91 Å². The molecule has 0 radical (unpaired) electrons. The van der Waals surface area contributed by atoms with E-state index in [-0.39, 0.29) is 6.42 Å². The summed E-state index contributed by atoms with van der Waals surface area (Å²) in [5.74, 6) is -1.11. The summed E-state index contributed by atoms with van der Waals surface area (Å²) in [6.07, 6.45) is -4.73. The van der Waals surface area contributed by atoms with Crippen molar-refractivity contribution in [2.75, 3.05) is 13.6 Å². The van der Waals surface area contributed by atoms with Crippen LogP contribution < -0.4 is 10.6 Å². The average Bonchev–Trinajstić information content (AvgIpc) is 2.38. The standard InChI is InChI=1S/C14H19F3N2O/c1-10(9-18-2)13(20)19-12(14(15,16)17)8-11-6-4-3-5-7-11/h3-7,10,12,18H,8-9H2,1-2H3,(H,19,20). The monoisotopic (exact) mass is 288 g/mol. The van der Waals surface area contributed by atoms with Crippen molar-refractivity contribution in [2.45, 2.75) is 25.6 Å². The van der Waals surface area contributed by atoms with Gasteiger partial charge in [0.15, 0.2) is 0 Å². The topological polar surface area (TPSA) is 41.1 Å². The minimum absolute atomic E-state index is 0.262. The molecule has 3 nitrogen and oxygen atoms in total. The molecule has 0 saturated heterocycles. The van der Waals surface area contributed by atoms with Gasteiger partial charge in [-0.3, -0.25) is 4.79 Å². The molecule has 2 atom stereocenters. The van der Waals surface area contributed by atoms with Gasteiger partial charge in [-0.25, -0.2) is 0 Å². The van der Waals surface area contributed by atoms with Crippen molar-refractivity contribution in [3.8, 4) is 0 Å². The fraction of sp³-hybridized carbons (Fsp3) is 0.500. The molecule has 112 valence electrons. The van der Waals surface area contributed by atoms with Gasteiger partial charge in [0.1, 0.15) is 6.04 Å². The normalized spacial score (nSPS) is 14.7. The SMILES string of the molecule is CNCC(C)C(=O)NC(Cc1ccccc1)C(F)(F)F. The van der Waals surface area contributed by atoms with Gasteiger partial charge in [-0.2, -0.15) is 13.2 Å². The summed E-state index contributed by atoms with van der Waals surface area (Å²) in [5.41, 5.74) is 0.538. The van der Waals surface area contributed by atoms with E-state index in [0.717, 1.165) is 0 Å². The lowest BCUT2D eigenvalue weighted by molar-refractivity contribution is -0.162. The van der Waals surface area contributed by atoms with E-state index in [1.807, 2.05) is 0 Å². The molecule has 0 bridgehead atoms. The Hall–Kier alpha value is -1.56. The maximum absolute atomic E-state index is 13.0. The van der Waals surface area contributed by atoms with Crippen molar-refractivity contribution in [1.82, 2.24) is 10.6 Å². The number of alkyl halides is 3. The molecule has 1 aromatic rings. The zero-order valence-electron chi connectivity index (χ0n) is 11.5. The fourth-order valence-corrected chi connectivity index (χ4v) is 1.81. The summed E-state index contributed by atoms with van der Waals surface area (Å²) in [6, 6.07) is 6.45. The predicted octanol–water partition coefficient (Wildman–Crippen LogP) is 2.13. The molecule has 0 saturated carbocycles. The summed E-state index contributed by atoms with van der Waals surface area (Å²) in [5, 5.41) is 4.85. The molecule has 0 heterocycles. The Morgan fingerprint density at radius 1 is 1.25 bits per heavy atom. The van der Waals surface area contributed by atoms with Gasteiger partial charge in [0.2, 0.25) is 5.91 Å². The quantitative estimate of drug-likeness (QED) is 0.842. The van der Waals surface area contributed by atoms with Crippen LogP contribution in [0.2, 0.25) is 0 Å². The lowest BCUT2D eigenvalue weighted by atomic mass is 10.0. The van der Waals surface area contributed by atoms with Crippen molar-refractivity contribution in [1.29, 1.82) is 0 Å². The molecule has 0 fully saturated rings. The highest BCUT2D eigenvalue weighted by Gasteiger charge is 2.41. The summed E-state index contributed by atoms with van der Waals surface area (Å²) in [6.45, 7) is 1.92. The molecular weight excluding hydrogens is 269 g/mol. The van der Waals surface area contributed by atoms with Crippen molar-refractivity contribution in [3.63, 3.8) is 0 Å². The minimum Gasteiger partial charge on any atom is -0.344 e. The van der Waals surface area contributed by atoms with E-state index in [4.69, 9.17) is 0 Å².